The third-order valence-corrected chi connectivity index (χ3v) is 7.30. The van der Waals surface area contributed by atoms with Crippen LogP contribution in [0.4, 0.5) is 13.2 Å². The Morgan fingerprint density at radius 3 is 2.44 bits per heavy atom. The fourth-order valence-electron chi connectivity index (χ4n) is 5.64. The second-order valence-corrected chi connectivity index (χ2v) is 9.57. The number of halogens is 3. The number of carboxylic acids is 1. The van der Waals surface area contributed by atoms with E-state index in [1.54, 1.807) is 0 Å². The van der Waals surface area contributed by atoms with Crippen LogP contribution in [0.25, 0.3) is 0 Å². The maximum atomic E-state index is 10.6. The molecule has 1 saturated heterocycles. The van der Waals surface area contributed by atoms with Gasteiger partial charge in [0.15, 0.2) is 0 Å². The van der Waals surface area contributed by atoms with Crippen LogP contribution in [0.2, 0.25) is 0 Å². The van der Waals surface area contributed by atoms with Crippen molar-refractivity contribution in [3.63, 3.8) is 0 Å². The number of carbonyl (C=O) groups is 1. The highest BCUT2D eigenvalue weighted by atomic mass is 19.4. The van der Waals surface area contributed by atoms with Crippen molar-refractivity contribution >= 4 is 5.97 Å². The van der Waals surface area contributed by atoms with E-state index in [1.807, 2.05) is 12.3 Å². The van der Waals surface area contributed by atoms with Gasteiger partial charge in [-0.2, -0.15) is 13.2 Å². The number of aromatic nitrogens is 1. The molecule has 32 heavy (non-hydrogen) atoms. The number of nitrogens with zero attached hydrogens (tertiary/aromatic N) is 1. The quantitative estimate of drug-likeness (QED) is 0.573. The van der Waals surface area contributed by atoms with Crippen LogP contribution in [0.15, 0.2) is 24.4 Å². The van der Waals surface area contributed by atoms with E-state index in [4.69, 9.17) is 19.6 Å². The molecule has 3 fully saturated rings. The summed E-state index contributed by atoms with van der Waals surface area (Å²) in [5.41, 5.74) is 1.64. The average molecular weight is 457 g/mol. The maximum absolute atomic E-state index is 10.6. The topological polar surface area (TPSA) is 71.5 Å². The summed E-state index contributed by atoms with van der Waals surface area (Å²) < 4.78 is 38.1. The molecule has 2 aliphatic carbocycles. The fourth-order valence-corrected chi connectivity index (χ4v) is 5.64. The summed E-state index contributed by atoms with van der Waals surface area (Å²) in [6.45, 7) is 3.22. The van der Waals surface area contributed by atoms with Crippen LogP contribution < -0.4 is 5.32 Å². The number of carboxylic acid groups (broad SMARTS) is 1. The number of aliphatic carboxylic acids is 1. The first kappa shape index (κ1) is 25.0. The average Bonchev–Trinajstić information content (AvgIpc) is 3.44. The normalized spacial score (nSPS) is 25.5. The molecule has 5 nitrogen and oxygen atoms in total. The summed E-state index contributed by atoms with van der Waals surface area (Å²) in [4.78, 5) is 13.7. The van der Waals surface area contributed by atoms with Crippen molar-refractivity contribution in [3.8, 4) is 0 Å². The maximum Gasteiger partial charge on any atom is 0.490 e. The molecular weight excluding hydrogens is 421 g/mol. The Kier molecular flexibility index (Phi) is 8.55. The van der Waals surface area contributed by atoms with E-state index in [-0.39, 0.29) is 11.0 Å². The minimum Gasteiger partial charge on any atom is -0.475 e. The molecule has 1 aliphatic heterocycles. The number of rotatable bonds is 6. The summed E-state index contributed by atoms with van der Waals surface area (Å²) in [6, 6.07) is 6.46. The molecule has 1 spiro atoms. The van der Waals surface area contributed by atoms with E-state index in [0.29, 0.717) is 0 Å². The summed E-state index contributed by atoms with van der Waals surface area (Å²) in [7, 11) is 0. The van der Waals surface area contributed by atoms with Crippen molar-refractivity contribution in [2.75, 3.05) is 19.7 Å². The van der Waals surface area contributed by atoms with Crippen LogP contribution in [0, 0.1) is 5.92 Å². The Labute approximate surface area is 188 Å². The highest BCUT2D eigenvalue weighted by Crippen LogP contribution is 2.49. The standard InChI is InChI=1S/C22H34N2O.C2HF3O2/c1-2-8-19(7-1)17-23-15-12-21(20-9-3-6-14-24-20)13-16-25-22(18-21)10-4-5-11-22;3-2(4,5)1(6)7/h3,6,9,14,19,23H,1-2,4-5,7-8,10-13,15-18H2;(H,6,7)/t21-;/m1./s1. The molecule has 180 valence electrons. The van der Waals surface area contributed by atoms with Gasteiger partial charge in [0.25, 0.3) is 0 Å². The smallest absolute Gasteiger partial charge is 0.475 e. The molecule has 1 atom stereocenters. The third kappa shape index (κ3) is 6.67. The molecule has 0 bridgehead atoms. The van der Waals surface area contributed by atoms with E-state index in [9.17, 15) is 13.2 Å². The number of nitrogens with one attached hydrogen (secondary N) is 1. The fraction of sp³-hybridized carbons (Fsp3) is 0.750. The number of ether oxygens (including phenoxy) is 1. The van der Waals surface area contributed by atoms with Gasteiger partial charge >= 0.3 is 12.1 Å². The Hall–Kier alpha value is -1.67. The van der Waals surface area contributed by atoms with Crippen LogP contribution in [-0.4, -0.2) is 47.5 Å². The van der Waals surface area contributed by atoms with Gasteiger partial charge in [0, 0.05) is 23.9 Å². The second kappa shape index (κ2) is 11.0. The summed E-state index contributed by atoms with van der Waals surface area (Å²) in [5.74, 6) is -1.84. The van der Waals surface area contributed by atoms with Gasteiger partial charge in [-0.3, -0.25) is 4.98 Å². The molecule has 1 aromatic rings. The van der Waals surface area contributed by atoms with Crippen LogP contribution >= 0.6 is 0 Å². The Bertz CT molecular complexity index is 717. The predicted molar refractivity (Wildman–Crippen MR) is 115 cm³/mol. The number of pyridine rings is 1. The Morgan fingerprint density at radius 2 is 1.84 bits per heavy atom. The van der Waals surface area contributed by atoms with E-state index in [1.165, 1.54) is 76.4 Å². The molecule has 1 aromatic heterocycles. The molecular formula is C24H35F3N2O3. The van der Waals surface area contributed by atoms with Gasteiger partial charge < -0.3 is 15.2 Å². The van der Waals surface area contributed by atoms with E-state index >= 15 is 0 Å². The zero-order valence-corrected chi connectivity index (χ0v) is 18.6. The van der Waals surface area contributed by atoms with Gasteiger partial charge in [-0.05, 0) is 76.1 Å². The van der Waals surface area contributed by atoms with Gasteiger partial charge in [-0.15, -0.1) is 0 Å². The van der Waals surface area contributed by atoms with Crippen LogP contribution in [-0.2, 0) is 14.9 Å². The molecule has 3 aliphatic rings. The van der Waals surface area contributed by atoms with Crippen LogP contribution in [0.3, 0.4) is 0 Å². The van der Waals surface area contributed by atoms with Gasteiger partial charge in [-0.25, -0.2) is 4.79 Å². The first-order valence-corrected chi connectivity index (χ1v) is 11.8. The molecule has 8 heteroatoms. The van der Waals surface area contributed by atoms with E-state index in [0.717, 1.165) is 25.5 Å². The molecule has 0 amide bonds. The van der Waals surface area contributed by atoms with Crippen LogP contribution in [0.5, 0.6) is 0 Å². The Morgan fingerprint density at radius 1 is 1.16 bits per heavy atom. The lowest BCUT2D eigenvalue weighted by Crippen LogP contribution is -2.47. The van der Waals surface area contributed by atoms with Gasteiger partial charge in [0.2, 0.25) is 0 Å². The van der Waals surface area contributed by atoms with Gasteiger partial charge in [0.1, 0.15) is 0 Å². The lowest BCUT2D eigenvalue weighted by atomic mass is 9.68. The molecule has 4 rings (SSSR count). The van der Waals surface area contributed by atoms with Crippen molar-refractivity contribution in [2.24, 2.45) is 5.92 Å². The lowest BCUT2D eigenvalue weighted by Gasteiger charge is -2.46. The zero-order valence-electron chi connectivity index (χ0n) is 18.6. The number of hydrogen-bond donors (Lipinski definition) is 2. The SMILES string of the molecule is O=C(O)C(F)(F)F.c1ccc([C@]2(CCNCC3CCCC3)CCOC3(CCCC3)C2)nc1. The minimum absolute atomic E-state index is 0.140. The van der Waals surface area contributed by atoms with Crippen molar-refractivity contribution in [1.29, 1.82) is 0 Å². The molecule has 0 radical (unpaired) electrons. The molecule has 0 unspecified atom stereocenters. The third-order valence-electron chi connectivity index (χ3n) is 7.30. The number of hydrogen-bond acceptors (Lipinski definition) is 4. The van der Waals surface area contributed by atoms with E-state index in [2.05, 4.69) is 17.4 Å². The highest BCUT2D eigenvalue weighted by Gasteiger charge is 2.48. The molecule has 2 N–H and O–H groups in total. The van der Waals surface area contributed by atoms with Crippen LogP contribution in [0.1, 0.15) is 76.3 Å². The summed E-state index contributed by atoms with van der Waals surface area (Å²) in [6.07, 6.45) is 11.3. The Balaban J connectivity index is 0.000000360. The zero-order chi connectivity index (χ0) is 23.1. The van der Waals surface area contributed by atoms with Gasteiger partial charge in [-0.1, -0.05) is 31.7 Å². The molecule has 0 aromatic carbocycles. The van der Waals surface area contributed by atoms with Crippen molar-refractivity contribution in [1.82, 2.24) is 10.3 Å². The lowest BCUT2D eigenvalue weighted by molar-refractivity contribution is -0.192. The first-order valence-electron chi connectivity index (χ1n) is 11.8. The predicted octanol–water partition coefficient (Wildman–Crippen LogP) is 5.25. The highest BCUT2D eigenvalue weighted by molar-refractivity contribution is 5.73. The van der Waals surface area contributed by atoms with Crippen molar-refractivity contribution in [2.45, 2.75) is 87.8 Å². The van der Waals surface area contributed by atoms with Crippen molar-refractivity contribution in [3.05, 3.63) is 30.1 Å². The summed E-state index contributed by atoms with van der Waals surface area (Å²) >= 11 is 0. The largest absolute Gasteiger partial charge is 0.490 e. The number of alkyl halides is 3. The summed E-state index contributed by atoms with van der Waals surface area (Å²) in [5, 5.41) is 10.9. The monoisotopic (exact) mass is 456 g/mol. The second-order valence-electron chi connectivity index (χ2n) is 9.57. The first-order chi connectivity index (χ1) is 15.2. The molecule has 2 heterocycles. The van der Waals surface area contributed by atoms with Gasteiger partial charge in [0.05, 0.1) is 5.60 Å². The minimum atomic E-state index is -5.08. The van der Waals surface area contributed by atoms with E-state index < -0.39 is 12.1 Å². The molecule has 2 saturated carbocycles. The van der Waals surface area contributed by atoms with Crippen molar-refractivity contribution < 1.29 is 27.8 Å².